The topological polar surface area (TPSA) is 12.0 Å². The zero-order valence-corrected chi connectivity index (χ0v) is 9.74. The van der Waals surface area contributed by atoms with Crippen LogP contribution in [0.2, 0.25) is 0 Å². The number of halogens is 2. The standard InChI is InChI=1S/C15H13F2N/c16-13-6-4-5-12(9-13)10-14(17)11-18-15-7-2-1-3-8-15/h1-10,18H,11H2/b14-10-. The van der Waals surface area contributed by atoms with E-state index in [2.05, 4.69) is 5.32 Å². The predicted molar refractivity (Wildman–Crippen MR) is 70.4 cm³/mol. The lowest BCUT2D eigenvalue weighted by Gasteiger charge is -2.04. The van der Waals surface area contributed by atoms with Gasteiger partial charge in [-0.3, -0.25) is 0 Å². The number of hydrogen-bond acceptors (Lipinski definition) is 1. The minimum absolute atomic E-state index is 0.0839. The highest BCUT2D eigenvalue weighted by Crippen LogP contribution is 2.11. The van der Waals surface area contributed by atoms with Gasteiger partial charge in [0.2, 0.25) is 0 Å². The van der Waals surface area contributed by atoms with Crippen molar-refractivity contribution in [2.75, 3.05) is 11.9 Å². The molecule has 0 radical (unpaired) electrons. The first-order valence-corrected chi connectivity index (χ1v) is 5.64. The largest absolute Gasteiger partial charge is 0.379 e. The molecule has 0 spiro atoms. The van der Waals surface area contributed by atoms with E-state index in [1.165, 1.54) is 18.2 Å². The molecule has 2 aromatic carbocycles. The van der Waals surface area contributed by atoms with Crippen LogP contribution in [0, 0.1) is 5.82 Å². The molecular weight excluding hydrogens is 232 g/mol. The third-order valence-electron chi connectivity index (χ3n) is 2.41. The second-order valence-corrected chi connectivity index (χ2v) is 3.87. The highest BCUT2D eigenvalue weighted by Gasteiger charge is 1.97. The van der Waals surface area contributed by atoms with Crippen molar-refractivity contribution < 1.29 is 8.78 Å². The Morgan fingerprint density at radius 1 is 1.06 bits per heavy atom. The van der Waals surface area contributed by atoms with Crippen LogP contribution in [0.25, 0.3) is 6.08 Å². The van der Waals surface area contributed by atoms with E-state index in [9.17, 15) is 8.78 Å². The van der Waals surface area contributed by atoms with Gasteiger partial charge in [0, 0.05) is 5.69 Å². The van der Waals surface area contributed by atoms with Crippen molar-refractivity contribution >= 4 is 11.8 Å². The van der Waals surface area contributed by atoms with Crippen molar-refractivity contribution in [1.82, 2.24) is 0 Å². The van der Waals surface area contributed by atoms with E-state index < -0.39 is 0 Å². The Kier molecular flexibility index (Phi) is 4.07. The Morgan fingerprint density at radius 2 is 1.83 bits per heavy atom. The van der Waals surface area contributed by atoms with E-state index in [1.807, 2.05) is 30.3 Å². The fraction of sp³-hybridized carbons (Fsp3) is 0.0667. The smallest absolute Gasteiger partial charge is 0.123 e. The fourth-order valence-electron chi connectivity index (χ4n) is 1.57. The van der Waals surface area contributed by atoms with E-state index in [4.69, 9.17) is 0 Å². The van der Waals surface area contributed by atoms with Crippen molar-refractivity contribution in [2.45, 2.75) is 0 Å². The van der Waals surface area contributed by atoms with Crippen molar-refractivity contribution in [3.63, 3.8) is 0 Å². The van der Waals surface area contributed by atoms with E-state index in [0.717, 1.165) is 5.69 Å². The van der Waals surface area contributed by atoms with Gasteiger partial charge in [0.25, 0.3) is 0 Å². The number of hydrogen-bond donors (Lipinski definition) is 1. The zero-order chi connectivity index (χ0) is 12.8. The summed E-state index contributed by atoms with van der Waals surface area (Å²) in [7, 11) is 0. The minimum atomic E-state index is -0.368. The fourth-order valence-corrected chi connectivity index (χ4v) is 1.57. The van der Waals surface area contributed by atoms with Gasteiger partial charge in [-0.05, 0) is 35.9 Å². The molecule has 18 heavy (non-hydrogen) atoms. The summed E-state index contributed by atoms with van der Waals surface area (Å²) in [5.74, 6) is -0.711. The van der Waals surface area contributed by atoms with Crippen LogP contribution in [0.4, 0.5) is 14.5 Å². The maximum absolute atomic E-state index is 13.6. The predicted octanol–water partition coefficient (Wildman–Crippen LogP) is 4.25. The first-order chi connectivity index (χ1) is 8.74. The molecule has 0 saturated carbocycles. The third-order valence-corrected chi connectivity index (χ3v) is 2.41. The molecule has 0 atom stereocenters. The molecule has 0 fully saturated rings. The van der Waals surface area contributed by atoms with Crippen LogP contribution >= 0.6 is 0 Å². The summed E-state index contributed by atoms with van der Waals surface area (Å²) < 4.78 is 26.5. The van der Waals surface area contributed by atoms with Crippen LogP contribution in [-0.4, -0.2) is 6.54 Å². The summed E-state index contributed by atoms with van der Waals surface area (Å²) in [5, 5.41) is 2.94. The quantitative estimate of drug-likeness (QED) is 0.849. The second kappa shape index (κ2) is 5.96. The van der Waals surface area contributed by atoms with Gasteiger partial charge in [0.15, 0.2) is 0 Å². The van der Waals surface area contributed by atoms with Crippen molar-refractivity contribution in [1.29, 1.82) is 0 Å². The third kappa shape index (κ3) is 3.70. The molecule has 2 aromatic rings. The maximum atomic E-state index is 13.6. The summed E-state index contributed by atoms with van der Waals surface area (Å²) in [6.45, 7) is 0.0839. The molecule has 0 aromatic heterocycles. The number of anilines is 1. The van der Waals surface area contributed by atoms with Gasteiger partial charge in [0.05, 0.1) is 6.54 Å². The normalized spacial score (nSPS) is 11.3. The summed E-state index contributed by atoms with van der Waals surface area (Å²) in [6.07, 6.45) is 1.32. The average Bonchev–Trinajstić information content (AvgIpc) is 2.38. The van der Waals surface area contributed by atoms with Crippen LogP contribution in [-0.2, 0) is 0 Å². The van der Waals surface area contributed by atoms with Crippen molar-refractivity contribution in [2.24, 2.45) is 0 Å². The monoisotopic (exact) mass is 245 g/mol. The van der Waals surface area contributed by atoms with Gasteiger partial charge in [-0.2, -0.15) is 0 Å². The molecular formula is C15H13F2N. The Hall–Kier alpha value is -2.16. The van der Waals surface area contributed by atoms with E-state index in [1.54, 1.807) is 12.1 Å². The lowest BCUT2D eigenvalue weighted by atomic mass is 10.2. The molecule has 0 aliphatic carbocycles. The number of rotatable bonds is 4. The van der Waals surface area contributed by atoms with Crippen LogP contribution in [0.3, 0.4) is 0 Å². The number of benzene rings is 2. The minimum Gasteiger partial charge on any atom is -0.379 e. The molecule has 1 N–H and O–H groups in total. The molecule has 0 saturated heterocycles. The van der Waals surface area contributed by atoms with Crippen LogP contribution in [0.15, 0.2) is 60.4 Å². The number of para-hydroxylation sites is 1. The summed E-state index contributed by atoms with van der Waals surface area (Å²) >= 11 is 0. The average molecular weight is 245 g/mol. The van der Waals surface area contributed by atoms with Crippen molar-refractivity contribution in [3.05, 3.63) is 71.8 Å². The lowest BCUT2D eigenvalue weighted by Crippen LogP contribution is -2.01. The molecule has 0 heterocycles. The van der Waals surface area contributed by atoms with Gasteiger partial charge in [-0.25, -0.2) is 8.78 Å². The Bertz CT molecular complexity index is 535. The van der Waals surface area contributed by atoms with Gasteiger partial charge in [0.1, 0.15) is 11.6 Å². The Labute approximate surface area is 105 Å². The highest BCUT2D eigenvalue weighted by atomic mass is 19.1. The van der Waals surface area contributed by atoms with E-state index >= 15 is 0 Å². The summed E-state index contributed by atoms with van der Waals surface area (Å²) in [4.78, 5) is 0. The molecule has 2 rings (SSSR count). The molecule has 1 nitrogen and oxygen atoms in total. The number of nitrogens with one attached hydrogen (secondary N) is 1. The second-order valence-electron chi connectivity index (χ2n) is 3.87. The van der Waals surface area contributed by atoms with E-state index in [0.29, 0.717) is 5.56 Å². The molecule has 0 bridgehead atoms. The van der Waals surface area contributed by atoms with Gasteiger partial charge in [-0.1, -0.05) is 30.3 Å². The summed E-state index contributed by atoms with van der Waals surface area (Å²) in [5.41, 5.74) is 1.36. The molecule has 0 unspecified atom stereocenters. The van der Waals surface area contributed by atoms with Crippen LogP contribution in [0.1, 0.15) is 5.56 Å². The van der Waals surface area contributed by atoms with Crippen LogP contribution in [0.5, 0.6) is 0 Å². The summed E-state index contributed by atoms with van der Waals surface area (Å²) in [6, 6.07) is 15.2. The van der Waals surface area contributed by atoms with Gasteiger partial charge >= 0.3 is 0 Å². The Balaban J connectivity index is 1.97. The lowest BCUT2D eigenvalue weighted by molar-refractivity contribution is 0.626. The molecule has 92 valence electrons. The van der Waals surface area contributed by atoms with E-state index in [-0.39, 0.29) is 18.2 Å². The molecule has 0 aliphatic rings. The van der Waals surface area contributed by atoms with Crippen LogP contribution < -0.4 is 5.32 Å². The highest BCUT2D eigenvalue weighted by molar-refractivity contribution is 5.53. The molecule has 0 amide bonds. The zero-order valence-electron chi connectivity index (χ0n) is 9.74. The first-order valence-electron chi connectivity index (χ1n) is 5.64. The van der Waals surface area contributed by atoms with Gasteiger partial charge in [-0.15, -0.1) is 0 Å². The molecule has 0 aliphatic heterocycles. The maximum Gasteiger partial charge on any atom is 0.123 e. The first kappa shape index (κ1) is 12.3. The van der Waals surface area contributed by atoms with Gasteiger partial charge < -0.3 is 5.32 Å². The Morgan fingerprint density at radius 3 is 2.56 bits per heavy atom. The molecule has 3 heteroatoms. The SMILES string of the molecule is F/C(=C\c1cccc(F)c1)CNc1ccccc1. The van der Waals surface area contributed by atoms with Crippen molar-refractivity contribution in [3.8, 4) is 0 Å².